The maximum atomic E-state index is 5.68. The lowest BCUT2D eigenvalue weighted by Gasteiger charge is -2.17. The molecule has 0 rings (SSSR count). The highest BCUT2D eigenvalue weighted by Gasteiger charge is 2.18. The molecule has 0 bridgehead atoms. The van der Waals surface area contributed by atoms with Crippen molar-refractivity contribution in [2.45, 2.75) is 66.1 Å². The maximum absolute atomic E-state index is 5.68. The minimum atomic E-state index is -0.244. The molecule has 0 aromatic heterocycles. The molecule has 0 atom stereocenters. The first-order chi connectivity index (χ1) is 7.45. The van der Waals surface area contributed by atoms with Crippen LogP contribution in [0, 0.1) is 0 Å². The summed E-state index contributed by atoms with van der Waals surface area (Å²) in [5.74, 6) is 2.02. The van der Waals surface area contributed by atoms with E-state index in [0.29, 0.717) is 0 Å². The van der Waals surface area contributed by atoms with Crippen LogP contribution in [-0.2, 0) is 9.31 Å². The zero-order valence-corrected chi connectivity index (χ0v) is 12.7. The molecule has 4 heteroatoms. The second-order valence-electron chi connectivity index (χ2n) is 4.46. The molecule has 0 aliphatic carbocycles. The van der Waals surface area contributed by atoms with Crippen molar-refractivity contribution in [2.24, 2.45) is 0 Å². The van der Waals surface area contributed by atoms with Crippen molar-refractivity contribution >= 4 is 23.0 Å². The zero-order valence-electron chi connectivity index (χ0n) is 11.1. The predicted molar refractivity (Wildman–Crippen MR) is 74.7 cm³/mol. The first kappa shape index (κ1) is 16.2. The molecule has 0 unspecified atom stereocenters. The molecule has 16 heavy (non-hydrogen) atoms. The van der Waals surface area contributed by atoms with Crippen molar-refractivity contribution in [3.05, 3.63) is 10.5 Å². The molecular formula is C12H24BBrO2. The third kappa shape index (κ3) is 9.43. The highest BCUT2D eigenvalue weighted by atomic mass is 79.9. The van der Waals surface area contributed by atoms with Gasteiger partial charge in [-0.3, -0.25) is 0 Å². The van der Waals surface area contributed by atoms with Crippen LogP contribution in [0.5, 0.6) is 0 Å². The second-order valence-corrected chi connectivity index (χ2v) is 5.47. The molecule has 0 aliphatic rings. The Balaban J connectivity index is 4.26. The average molecular weight is 291 g/mol. The molecule has 0 saturated heterocycles. The molecule has 2 nitrogen and oxygen atoms in total. The van der Waals surface area contributed by atoms with E-state index in [9.17, 15) is 0 Å². The molecule has 0 amide bonds. The first-order valence-corrected chi connectivity index (χ1v) is 6.92. The number of unbranched alkanes of at least 4 members (excludes halogenated alkanes) is 1. The van der Waals surface area contributed by atoms with Gasteiger partial charge in [0.05, 0.1) is 0 Å². The maximum Gasteiger partial charge on any atom is 0.487 e. The van der Waals surface area contributed by atoms with Crippen LogP contribution in [0.15, 0.2) is 10.5 Å². The third-order valence-corrected chi connectivity index (χ3v) is 2.56. The highest BCUT2D eigenvalue weighted by molar-refractivity contribution is 9.11. The molecule has 0 radical (unpaired) electrons. The number of hydrogen-bond donors (Lipinski definition) is 0. The van der Waals surface area contributed by atoms with Crippen molar-refractivity contribution in [3.63, 3.8) is 0 Å². The van der Waals surface area contributed by atoms with E-state index in [4.69, 9.17) is 9.31 Å². The summed E-state index contributed by atoms with van der Waals surface area (Å²) in [7, 11) is -0.244. The van der Waals surface area contributed by atoms with Crippen LogP contribution in [-0.4, -0.2) is 19.3 Å². The highest BCUT2D eigenvalue weighted by Crippen LogP contribution is 2.16. The Labute approximate surface area is 109 Å². The Morgan fingerprint density at radius 1 is 1.19 bits per heavy atom. The first-order valence-electron chi connectivity index (χ1n) is 6.12. The van der Waals surface area contributed by atoms with Crippen molar-refractivity contribution in [1.29, 1.82) is 0 Å². The van der Waals surface area contributed by atoms with Gasteiger partial charge in [0.2, 0.25) is 0 Å². The van der Waals surface area contributed by atoms with Crippen molar-refractivity contribution in [1.82, 2.24) is 0 Å². The number of hydrogen-bond acceptors (Lipinski definition) is 2. The molecule has 0 aromatic rings. The van der Waals surface area contributed by atoms with E-state index < -0.39 is 0 Å². The fourth-order valence-electron chi connectivity index (χ4n) is 1.22. The summed E-state index contributed by atoms with van der Waals surface area (Å²) < 4.78 is 12.5. The third-order valence-electron chi connectivity index (χ3n) is 1.90. The largest absolute Gasteiger partial charge is 0.487 e. The molecule has 0 aliphatic heterocycles. The predicted octanol–water partition coefficient (Wildman–Crippen LogP) is 4.33. The smallest absolute Gasteiger partial charge is 0.405 e. The van der Waals surface area contributed by atoms with Crippen molar-refractivity contribution in [3.8, 4) is 0 Å². The van der Waals surface area contributed by atoms with Gasteiger partial charge in [-0.1, -0.05) is 29.3 Å². The summed E-state index contributed by atoms with van der Waals surface area (Å²) in [5.41, 5.74) is 0. The minimum absolute atomic E-state index is 0.173. The van der Waals surface area contributed by atoms with Crippen LogP contribution in [0.2, 0.25) is 0 Å². The summed E-state index contributed by atoms with van der Waals surface area (Å²) in [5, 5.41) is 0. The fraction of sp³-hybridized carbons (Fsp3) is 0.833. The summed E-state index contributed by atoms with van der Waals surface area (Å²) in [6.45, 7) is 10.3. The molecular weight excluding hydrogens is 267 g/mol. The van der Waals surface area contributed by atoms with E-state index in [1.54, 1.807) is 0 Å². The van der Waals surface area contributed by atoms with Crippen molar-refractivity contribution in [2.75, 3.05) is 0 Å². The normalized spacial score (nSPS) is 12.6. The quantitative estimate of drug-likeness (QED) is 0.620. The number of rotatable bonds is 8. The Hall–Kier alpha value is 0.205. The number of halogens is 1. The number of allylic oxidation sites excluding steroid dienone is 1. The SMILES string of the molecule is CCCCC(Br)=CB(OC(C)C)OC(C)C. The lowest BCUT2D eigenvalue weighted by molar-refractivity contribution is 0.138. The van der Waals surface area contributed by atoms with Crippen LogP contribution in [0.25, 0.3) is 0 Å². The van der Waals surface area contributed by atoms with E-state index in [2.05, 4.69) is 22.9 Å². The van der Waals surface area contributed by atoms with Crippen LogP contribution in [0.4, 0.5) is 0 Å². The molecule has 0 N–H and O–H groups in total. The molecule has 0 heterocycles. The summed E-state index contributed by atoms with van der Waals surface area (Å²) in [6.07, 6.45) is 3.78. The van der Waals surface area contributed by atoms with Gasteiger partial charge in [-0.05, 0) is 51.0 Å². The van der Waals surface area contributed by atoms with E-state index >= 15 is 0 Å². The van der Waals surface area contributed by atoms with Crippen molar-refractivity contribution < 1.29 is 9.31 Å². The lowest BCUT2D eigenvalue weighted by atomic mass is 9.88. The monoisotopic (exact) mass is 290 g/mol. The van der Waals surface area contributed by atoms with Crippen LogP contribution >= 0.6 is 15.9 Å². The average Bonchev–Trinajstić information content (AvgIpc) is 2.12. The van der Waals surface area contributed by atoms with E-state index in [0.717, 1.165) is 6.42 Å². The van der Waals surface area contributed by atoms with Gasteiger partial charge in [0, 0.05) is 12.2 Å². The Morgan fingerprint density at radius 3 is 2.06 bits per heavy atom. The van der Waals surface area contributed by atoms with E-state index in [-0.39, 0.29) is 19.3 Å². The van der Waals surface area contributed by atoms with Crippen LogP contribution in [0.3, 0.4) is 0 Å². The summed E-state index contributed by atoms with van der Waals surface area (Å²) in [6, 6.07) is 0. The molecule has 0 spiro atoms. The fourth-order valence-corrected chi connectivity index (χ4v) is 1.72. The Kier molecular flexibility index (Phi) is 9.38. The van der Waals surface area contributed by atoms with Crippen LogP contribution in [0.1, 0.15) is 53.9 Å². The van der Waals surface area contributed by atoms with Gasteiger partial charge in [0.25, 0.3) is 0 Å². The van der Waals surface area contributed by atoms with Gasteiger partial charge in [-0.25, -0.2) is 0 Å². The molecule has 0 saturated carbocycles. The minimum Gasteiger partial charge on any atom is -0.405 e. The lowest BCUT2D eigenvalue weighted by Crippen LogP contribution is -2.28. The second kappa shape index (κ2) is 9.26. The topological polar surface area (TPSA) is 18.5 Å². The van der Waals surface area contributed by atoms with Gasteiger partial charge in [-0.2, -0.15) is 0 Å². The van der Waals surface area contributed by atoms with Gasteiger partial charge >= 0.3 is 7.12 Å². The summed E-state index contributed by atoms with van der Waals surface area (Å²) >= 11 is 3.56. The standard InChI is InChI=1S/C12H24BBrO2/c1-6-7-8-12(14)9-13(15-10(2)3)16-11(4)5/h9-11H,6-8H2,1-5H3. The molecule has 0 aromatic carbocycles. The van der Waals surface area contributed by atoms with Gasteiger partial charge in [-0.15, -0.1) is 0 Å². The molecule has 94 valence electrons. The van der Waals surface area contributed by atoms with Gasteiger partial charge in [0.15, 0.2) is 0 Å². The Morgan fingerprint density at radius 2 is 1.69 bits per heavy atom. The van der Waals surface area contributed by atoms with Crippen LogP contribution < -0.4 is 0 Å². The molecule has 0 fully saturated rings. The zero-order chi connectivity index (χ0) is 12.6. The summed E-state index contributed by atoms with van der Waals surface area (Å²) in [4.78, 5) is 0. The van der Waals surface area contributed by atoms with Gasteiger partial charge in [0.1, 0.15) is 0 Å². The van der Waals surface area contributed by atoms with Gasteiger partial charge < -0.3 is 9.31 Å². The van der Waals surface area contributed by atoms with E-state index in [1.165, 1.54) is 17.3 Å². The Bertz CT molecular complexity index is 195. The van der Waals surface area contributed by atoms with E-state index in [1.807, 2.05) is 33.7 Å².